The van der Waals surface area contributed by atoms with E-state index in [1.54, 1.807) is 23.0 Å². The highest BCUT2D eigenvalue weighted by Gasteiger charge is 2.39. The van der Waals surface area contributed by atoms with E-state index in [4.69, 9.17) is 0 Å². The summed E-state index contributed by atoms with van der Waals surface area (Å²) in [5, 5.41) is 6.02. The van der Waals surface area contributed by atoms with Crippen LogP contribution in [-0.4, -0.2) is 22.4 Å². The van der Waals surface area contributed by atoms with Gasteiger partial charge >= 0.3 is 0 Å². The van der Waals surface area contributed by atoms with Gasteiger partial charge in [-0.25, -0.2) is 5.01 Å². The van der Waals surface area contributed by atoms with Crippen LogP contribution in [0.2, 0.25) is 0 Å². The molecule has 0 unspecified atom stereocenters. The lowest BCUT2D eigenvalue weighted by Crippen LogP contribution is -2.25. The van der Waals surface area contributed by atoms with Crippen molar-refractivity contribution in [2.24, 2.45) is 5.10 Å². The number of carbonyl (C=O) groups excluding carboxylic acids is 1. The lowest BCUT2D eigenvalue weighted by molar-refractivity contribution is -0.129. The van der Waals surface area contributed by atoms with E-state index in [2.05, 4.69) is 24.2 Å². The van der Waals surface area contributed by atoms with Crippen LogP contribution in [0.1, 0.15) is 34.6 Å². The minimum atomic E-state index is -0.0753. The molecule has 1 fully saturated rings. The fourth-order valence-electron chi connectivity index (χ4n) is 2.65. The summed E-state index contributed by atoms with van der Waals surface area (Å²) in [4.78, 5) is 12.5. The Balaban J connectivity index is 1.93. The molecule has 23 heavy (non-hydrogen) atoms. The van der Waals surface area contributed by atoms with Crippen molar-refractivity contribution in [2.45, 2.75) is 31.4 Å². The summed E-state index contributed by atoms with van der Waals surface area (Å²) in [6.07, 6.45) is 1.79. The maximum atomic E-state index is 12.5. The van der Waals surface area contributed by atoms with E-state index in [9.17, 15) is 4.79 Å². The van der Waals surface area contributed by atoms with Gasteiger partial charge in [0.1, 0.15) is 5.37 Å². The first-order chi connectivity index (χ1) is 11.1. The van der Waals surface area contributed by atoms with Crippen molar-refractivity contribution in [1.29, 1.82) is 0 Å². The first-order valence-electron chi connectivity index (χ1n) is 7.71. The second kappa shape index (κ2) is 6.59. The number of aryl methyl sites for hydroxylation is 2. The average molecular weight is 324 g/mol. The molecule has 2 aromatic rings. The monoisotopic (exact) mass is 324 g/mol. The Morgan fingerprint density at radius 1 is 1.04 bits per heavy atom. The second-order valence-corrected chi connectivity index (χ2v) is 7.20. The fraction of sp³-hybridized carbons (Fsp3) is 0.263. The predicted octanol–water partition coefficient (Wildman–Crippen LogP) is 4.30. The summed E-state index contributed by atoms with van der Waals surface area (Å²) in [6, 6.07) is 16.2. The lowest BCUT2D eigenvalue weighted by atomic mass is 10.1. The van der Waals surface area contributed by atoms with Gasteiger partial charge in [-0.3, -0.25) is 4.79 Å². The minimum Gasteiger partial charge on any atom is -0.272 e. The van der Waals surface area contributed by atoms with Gasteiger partial charge in [-0.15, -0.1) is 11.8 Å². The third-order valence-electron chi connectivity index (χ3n) is 4.09. The van der Waals surface area contributed by atoms with Crippen molar-refractivity contribution < 1.29 is 4.79 Å². The Kier molecular flexibility index (Phi) is 4.53. The molecule has 4 heteroatoms. The largest absolute Gasteiger partial charge is 0.272 e. The molecule has 3 rings (SSSR count). The van der Waals surface area contributed by atoms with E-state index < -0.39 is 0 Å². The maximum Gasteiger partial charge on any atom is 0.256 e. The van der Waals surface area contributed by atoms with E-state index in [1.807, 2.05) is 50.2 Å². The summed E-state index contributed by atoms with van der Waals surface area (Å²) in [5.74, 6) is 0.0630. The highest BCUT2D eigenvalue weighted by molar-refractivity contribution is 8.01. The average Bonchev–Trinajstić information content (AvgIpc) is 2.82. The summed E-state index contributed by atoms with van der Waals surface area (Å²) in [5.41, 5.74) is 4.52. The van der Waals surface area contributed by atoms with Crippen molar-refractivity contribution >= 4 is 23.9 Å². The quantitative estimate of drug-likeness (QED) is 0.789. The van der Waals surface area contributed by atoms with E-state index in [-0.39, 0.29) is 16.5 Å². The zero-order valence-corrected chi connectivity index (χ0v) is 14.4. The molecule has 0 bridgehead atoms. The molecule has 0 aliphatic carbocycles. The number of thioether (sulfide) groups is 1. The summed E-state index contributed by atoms with van der Waals surface area (Å²) < 4.78 is 0. The standard InChI is InChI=1S/C19H20N2OS/c1-13-8-4-6-10-16(13)12-20-21-18(22)15(3)23-19(21)17-11-7-5-9-14(17)2/h4-12,15,19H,1-3H3/b20-12+/t15-,19+/m1/s1. The number of hydrazone groups is 1. The molecule has 118 valence electrons. The first kappa shape index (κ1) is 15.8. The zero-order chi connectivity index (χ0) is 16.4. The fourth-order valence-corrected chi connectivity index (χ4v) is 3.95. The number of hydrogen-bond donors (Lipinski definition) is 0. The van der Waals surface area contributed by atoms with Crippen molar-refractivity contribution in [3.63, 3.8) is 0 Å². The molecule has 0 radical (unpaired) electrons. The Morgan fingerprint density at radius 2 is 1.70 bits per heavy atom. The summed E-state index contributed by atoms with van der Waals surface area (Å²) >= 11 is 1.65. The van der Waals surface area contributed by atoms with Gasteiger partial charge in [-0.2, -0.15) is 5.10 Å². The molecule has 0 saturated carbocycles. The molecule has 0 aromatic heterocycles. The van der Waals surface area contributed by atoms with Crippen LogP contribution >= 0.6 is 11.8 Å². The van der Waals surface area contributed by atoms with Crippen molar-refractivity contribution in [1.82, 2.24) is 5.01 Å². The molecule has 1 amide bonds. The maximum absolute atomic E-state index is 12.5. The van der Waals surface area contributed by atoms with Gasteiger partial charge in [0.25, 0.3) is 5.91 Å². The second-order valence-electron chi connectivity index (χ2n) is 5.77. The predicted molar refractivity (Wildman–Crippen MR) is 96.6 cm³/mol. The van der Waals surface area contributed by atoms with Crippen molar-refractivity contribution in [2.75, 3.05) is 0 Å². The van der Waals surface area contributed by atoms with Crippen LogP contribution in [-0.2, 0) is 4.79 Å². The highest BCUT2D eigenvalue weighted by Crippen LogP contribution is 2.44. The van der Waals surface area contributed by atoms with Gasteiger partial charge in [-0.1, -0.05) is 48.5 Å². The molecular weight excluding hydrogens is 304 g/mol. The van der Waals surface area contributed by atoms with Gasteiger partial charge in [-0.05, 0) is 43.0 Å². The lowest BCUT2D eigenvalue weighted by Gasteiger charge is -2.20. The summed E-state index contributed by atoms with van der Waals surface area (Å²) in [6.45, 7) is 6.07. The van der Waals surface area contributed by atoms with Crippen molar-refractivity contribution in [3.05, 3.63) is 70.8 Å². The van der Waals surface area contributed by atoms with Gasteiger partial charge in [0.05, 0.1) is 11.5 Å². The van der Waals surface area contributed by atoms with Crippen LogP contribution in [0.15, 0.2) is 53.6 Å². The van der Waals surface area contributed by atoms with E-state index in [0.29, 0.717) is 0 Å². The Labute approximate surface area is 141 Å². The number of rotatable bonds is 3. The third kappa shape index (κ3) is 3.17. The van der Waals surface area contributed by atoms with Crippen LogP contribution in [0.4, 0.5) is 0 Å². The van der Waals surface area contributed by atoms with E-state index >= 15 is 0 Å². The Hall–Kier alpha value is -2.07. The van der Waals surface area contributed by atoms with E-state index in [1.165, 1.54) is 5.56 Å². The molecule has 0 spiro atoms. The topological polar surface area (TPSA) is 32.7 Å². The molecule has 0 N–H and O–H groups in total. The Bertz CT molecular complexity index is 757. The molecular formula is C19H20N2OS. The SMILES string of the molecule is Cc1ccccc1/C=N/N1C(=O)[C@@H](C)S[C@H]1c1ccccc1C. The normalized spacial score (nSPS) is 21.3. The van der Waals surface area contributed by atoms with Crippen molar-refractivity contribution in [3.8, 4) is 0 Å². The minimum absolute atomic E-state index is 0.0565. The molecule has 3 nitrogen and oxygen atoms in total. The molecule has 1 saturated heterocycles. The number of amides is 1. The van der Waals surface area contributed by atoms with E-state index in [0.717, 1.165) is 16.7 Å². The van der Waals surface area contributed by atoms with Gasteiger partial charge in [0.15, 0.2) is 0 Å². The molecule has 2 atom stereocenters. The number of nitrogens with zero attached hydrogens (tertiary/aromatic N) is 2. The van der Waals surface area contributed by atoms with Crippen LogP contribution in [0.3, 0.4) is 0 Å². The highest BCUT2D eigenvalue weighted by atomic mass is 32.2. The molecule has 2 aromatic carbocycles. The Morgan fingerprint density at radius 3 is 2.39 bits per heavy atom. The molecule has 1 heterocycles. The third-order valence-corrected chi connectivity index (χ3v) is 5.41. The number of carbonyl (C=O) groups is 1. The van der Waals surface area contributed by atoms with Gasteiger partial charge in [0.2, 0.25) is 0 Å². The van der Waals surface area contributed by atoms with Gasteiger partial charge < -0.3 is 0 Å². The molecule has 1 aliphatic heterocycles. The smallest absolute Gasteiger partial charge is 0.256 e. The van der Waals surface area contributed by atoms with Gasteiger partial charge in [0, 0.05) is 0 Å². The first-order valence-corrected chi connectivity index (χ1v) is 8.66. The summed E-state index contributed by atoms with van der Waals surface area (Å²) in [7, 11) is 0. The van der Waals surface area contributed by atoms with Crippen LogP contribution in [0, 0.1) is 13.8 Å². The number of benzene rings is 2. The van der Waals surface area contributed by atoms with Crippen LogP contribution in [0.5, 0.6) is 0 Å². The van der Waals surface area contributed by atoms with Crippen LogP contribution in [0.25, 0.3) is 0 Å². The zero-order valence-electron chi connectivity index (χ0n) is 13.6. The molecule has 1 aliphatic rings. The number of hydrogen-bond acceptors (Lipinski definition) is 3. The van der Waals surface area contributed by atoms with Crippen LogP contribution < -0.4 is 0 Å².